The van der Waals surface area contributed by atoms with Crippen LogP contribution < -0.4 is 4.74 Å². The lowest BCUT2D eigenvalue weighted by atomic mass is 10.3. The van der Waals surface area contributed by atoms with Crippen molar-refractivity contribution in [3.8, 4) is 5.75 Å². The minimum absolute atomic E-state index is 0.485. The molecule has 1 aromatic carbocycles. The molecule has 0 radical (unpaired) electrons. The summed E-state index contributed by atoms with van der Waals surface area (Å²) < 4.78 is 15.5. The van der Waals surface area contributed by atoms with Crippen LogP contribution in [0, 0.1) is 5.39 Å². The summed E-state index contributed by atoms with van der Waals surface area (Å²) in [5.41, 5.74) is 0.503. The fourth-order valence-electron chi connectivity index (χ4n) is 1.07. The molecule has 0 aliphatic rings. The van der Waals surface area contributed by atoms with Gasteiger partial charge in [0.2, 0.25) is 5.39 Å². The molecule has 0 heterocycles. The molecule has 1 aromatic rings. The number of nitrogens with zero attached hydrogens (tertiary/aromatic N) is 2. The molecule has 0 fully saturated rings. The molecule has 0 aliphatic carbocycles. The van der Waals surface area contributed by atoms with Crippen LogP contribution in [0.3, 0.4) is 0 Å². The van der Waals surface area contributed by atoms with E-state index in [0.29, 0.717) is 32.1 Å². The van der Waals surface area contributed by atoms with Gasteiger partial charge in [0, 0.05) is 19.2 Å². The molecule has 0 atom stereocenters. The Hall–Kier alpha value is -1.64. The highest BCUT2D eigenvalue weighted by atomic mass is 16.5. The minimum atomic E-state index is 0.485. The molecule has 0 bridgehead atoms. The molecule has 86 valence electrons. The van der Waals surface area contributed by atoms with Crippen molar-refractivity contribution in [2.45, 2.75) is 0 Å². The van der Waals surface area contributed by atoms with Crippen molar-refractivity contribution in [3.05, 3.63) is 29.2 Å². The van der Waals surface area contributed by atoms with Gasteiger partial charge >= 0.3 is 5.69 Å². The quantitative estimate of drug-likeness (QED) is 0.525. The van der Waals surface area contributed by atoms with Gasteiger partial charge in [-0.15, -0.1) is 0 Å². The Kier molecular flexibility index (Phi) is 5.92. The summed E-state index contributed by atoms with van der Waals surface area (Å²) in [5, 5.41) is 8.48. The van der Waals surface area contributed by atoms with Crippen molar-refractivity contribution < 1.29 is 14.2 Å². The molecular formula is C11H15N2O3+. The van der Waals surface area contributed by atoms with E-state index in [4.69, 9.17) is 19.6 Å². The molecule has 0 aliphatic heterocycles. The Bertz CT molecular complexity index is 332. The number of ether oxygens (including phenoxy) is 3. The number of benzene rings is 1. The van der Waals surface area contributed by atoms with Gasteiger partial charge in [0.15, 0.2) is 4.98 Å². The Balaban J connectivity index is 2.15. The zero-order valence-electron chi connectivity index (χ0n) is 9.26. The van der Waals surface area contributed by atoms with E-state index in [1.807, 2.05) is 0 Å². The van der Waals surface area contributed by atoms with Crippen LogP contribution in [0.2, 0.25) is 0 Å². The second-order valence-electron chi connectivity index (χ2n) is 3.05. The third kappa shape index (κ3) is 4.73. The molecule has 0 unspecified atom stereocenters. The van der Waals surface area contributed by atoms with Crippen LogP contribution in [-0.2, 0) is 9.47 Å². The second-order valence-corrected chi connectivity index (χ2v) is 3.05. The van der Waals surface area contributed by atoms with Gasteiger partial charge in [-0.2, -0.15) is 0 Å². The van der Waals surface area contributed by atoms with Crippen LogP contribution in [0.25, 0.3) is 4.98 Å². The number of diazo groups is 1. The van der Waals surface area contributed by atoms with Crippen molar-refractivity contribution in [1.29, 1.82) is 5.39 Å². The first-order chi connectivity index (χ1) is 7.86. The highest BCUT2D eigenvalue weighted by molar-refractivity contribution is 5.46. The molecule has 0 aromatic heterocycles. The second kappa shape index (κ2) is 7.63. The largest absolute Gasteiger partial charge is 0.491 e. The SMILES string of the molecule is COCCOCCOc1ccc([N+]#N)cc1. The average molecular weight is 223 g/mol. The monoisotopic (exact) mass is 223 g/mol. The lowest BCUT2D eigenvalue weighted by Crippen LogP contribution is -2.09. The van der Waals surface area contributed by atoms with E-state index in [-0.39, 0.29) is 0 Å². The highest BCUT2D eigenvalue weighted by Crippen LogP contribution is 2.17. The van der Waals surface area contributed by atoms with Crippen LogP contribution in [-0.4, -0.2) is 33.5 Å². The minimum Gasteiger partial charge on any atom is -0.491 e. The van der Waals surface area contributed by atoms with Gasteiger partial charge < -0.3 is 14.2 Å². The molecular weight excluding hydrogens is 208 g/mol. The third-order valence-corrected chi connectivity index (χ3v) is 1.88. The maximum Gasteiger partial charge on any atom is 0.385 e. The normalized spacial score (nSPS) is 9.75. The first kappa shape index (κ1) is 12.4. The molecule has 5 heteroatoms. The number of hydrogen-bond donors (Lipinski definition) is 0. The van der Waals surface area contributed by atoms with Crippen molar-refractivity contribution in [2.24, 2.45) is 0 Å². The fourth-order valence-corrected chi connectivity index (χ4v) is 1.07. The van der Waals surface area contributed by atoms with Gasteiger partial charge in [-0.1, -0.05) is 0 Å². The topological polar surface area (TPSA) is 55.8 Å². The number of methoxy groups -OCH3 is 1. The predicted molar refractivity (Wildman–Crippen MR) is 59.4 cm³/mol. The maximum absolute atomic E-state index is 8.48. The summed E-state index contributed by atoms with van der Waals surface area (Å²) in [6.07, 6.45) is 0. The van der Waals surface area contributed by atoms with Crippen molar-refractivity contribution in [1.82, 2.24) is 0 Å². The zero-order chi connectivity index (χ0) is 11.6. The van der Waals surface area contributed by atoms with E-state index < -0.39 is 0 Å². The van der Waals surface area contributed by atoms with Gasteiger partial charge in [-0.3, -0.25) is 0 Å². The van der Waals surface area contributed by atoms with E-state index >= 15 is 0 Å². The highest BCUT2D eigenvalue weighted by Gasteiger charge is 2.02. The lowest BCUT2D eigenvalue weighted by molar-refractivity contribution is 0.0544. The van der Waals surface area contributed by atoms with Crippen molar-refractivity contribution in [3.63, 3.8) is 0 Å². The molecule has 0 saturated carbocycles. The molecule has 0 saturated heterocycles. The third-order valence-electron chi connectivity index (χ3n) is 1.88. The van der Waals surface area contributed by atoms with Crippen LogP contribution in [0.4, 0.5) is 5.69 Å². The van der Waals surface area contributed by atoms with Crippen LogP contribution in [0.5, 0.6) is 5.75 Å². The summed E-state index contributed by atoms with van der Waals surface area (Å²) in [6, 6.07) is 6.82. The van der Waals surface area contributed by atoms with Gasteiger partial charge in [-0.25, -0.2) is 0 Å². The smallest absolute Gasteiger partial charge is 0.385 e. The summed E-state index contributed by atoms with van der Waals surface area (Å²) >= 11 is 0. The van der Waals surface area contributed by atoms with E-state index in [1.54, 1.807) is 31.4 Å². The Morgan fingerprint density at radius 1 is 1.06 bits per heavy atom. The van der Waals surface area contributed by atoms with Gasteiger partial charge in [0.25, 0.3) is 0 Å². The number of hydrogen-bond acceptors (Lipinski definition) is 4. The average Bonchev–Trinajstić information content (AvgIpc) is 2.34. The summed E-state index contributed by atoms with van der Waals surface area (Å²) in [7, 11) is 1.63. The van der Waals surface area contributed by atoms with Gasteiger partial charge in [0.05, 0.1) is 19.8 Å². The molecule has 16 heavy (non-hydrogen) atoms. The maximum atomic E-state index is 8.48. The number of rotatable bonds is 7. The molecule has 1 rings (SSSR count). The fraction of sp³-hybridized carbons (Fsp3) is 0.455. The first-order valence-electron chi connectivity index (χ1n) is 5.01. The van der Waals surface area contributed by atoms with E-state index in [2.05, 4.69) is 4.98 Å². The standard InChI is InChI=1S/C11H15N2O3/c1-14-6-7-15-8-9-16-11-4-2-10(13-12)3-5-11/h2-5H,6-9H2,1H3/q+1. The zero-order valence-corrected chi connectivity index (χ0v) is 9.26. The van der Waals surface area contributed by atoms with Gasteiger partial charge in [0.1, 0.15) is 12.4 Å². The van der Waals surface area contributed by atoms with E-state index in [9.17, 15) is 0 Å². The Morgan fingerprint density at radius 3 is 2.38 bits per heavy atom. The Labute approximate surface area is 94.6 Å². The predicted octanol–water partition coefficient (Wildman–Crippen LogP) is 2.21. The van der Waals surface area contributed by atoms with Crippen LogP contribution in [0.15, 0.2) is 24.3 Å². The first-order valence-corrected chi connectivity index (χ1v) is 5.01. The summed E-state index contributed by atoms with van der Waals surface area (Å²) in [6.45, 7) is 2.17. The van der Waals surface area contributed by atoms with E-state index in [0.717, 1.165) is 5.75 Å². The molecule has 0 amide bonds. The van der Waals surface area contributed by atoms with E-state index in [1.165, 1.54) is 0 Å². The van der Waals surface area contributed by atoms with Gasteiger partial charge in [-0.05, 0) is 12.1 Å². The Morgan fingerprint density at radius 2 is 1.75 bits per heavy atom. The van der Waals surface area contributed by atoms with Crippen molar-refractivity contribution in [2.75, 3.05) is 33.5 Å². The molecule has 0 N–H and O–H groups in total. The van der Waals surface area contributed by atoms with Crippen LogP contribution in [0.1, 0.15) is 0 Å². The molecule has 5 nitrogen and oxygen atoms in total. The summed E-state index contributed by atoms with van der Waals surface area (Å²) in [4.78, 5) is 3.05. The summed E-state index contributed by atoms with van der Waals surface area (Å²) in [5.74, 6) is 0.725. The lowest BCUT2D eigenvalue weighted by Gasteiger charge is -2.05. The van der Waals surface area contributed by atoms with Crippen molar-refractivity contribution >= 4 is 5.69 Å². The van der Waals surface area contributed by atoms with Crippen LogP contribution >= 0.6 is 0 Å². The molecule has 0 spiro atoms.